The van der Waals surface area contributed by atoms with Crippen molar-refractivity contribution in [1.82, 2.24) is 15.0 Å². The monoisotopic (exact) mass is 249 g/mol. The maximum atomic E-state index is 10.1. The number of nitrogens with two attached hydrogens (primary N) is 1. The number of hydrogen-bond acceptors (Lipinski definition) is 12. The van der Waals surface area contributed by atoms with E-state index in [0.717, 1.165) is 12.2 Å². The third-order valence-electron chi connectivity index (χ3n) is 1.29. The molecule has 1 aromatic rings. The summed E-state index contributed by atoms with van der Waals surface area (Å²) in [5.41, 5.74) is 7.38. The first-order chi connectivity index (χ1) is 8.71. The molecule has 0 aromatic carbocycles. The third kappa shape index (κ3) is 3.29. The molecule has 0 saturated carbocycles. The summed E-state index contributed by atoms with van der Waals surface area (Å²) in [5, 5.41) is 9.39. The van der Waals surface area contributed by atoms with Crippen LogP contribution in [0.25, 0.3) is 0 Å². The number of nitrogens with zero attached hydrogens (tertiary/aromatic N) is 7. The van der Waals surface area contributed by atoms with Crippen LogP contribution in [0.1, 0.15) is 0 Å². The van der Waals surface area contributed by atoms with Gasteiger partial charge in [0.05, 0.1) is 0 Å². The number of hydrazone groups is 3. The molecular formula is C6H3N9O3. The summed E-state index contributed by atoms with van der Waals surface area (Å²) in [6.45, 7) is 0. The number of carbonyl (C=O) groups excluding carboxylic acids is 3. The van der Waals surface area contributed by atoms with Crippen LogP contribution in [0.5, 0.6) is 0 Å². The van der Waals surface area contributed by atoms with E-state index in [-0.39, 0.29) is 17.8 Å². The molecule has 1 heterocycles. The molecule has 18 heavy (non-hydrogen) atoms. The van der Waals surface area contributed by atoms with E-state index in [9.17, 15) is 14.4 Å². The van der Waals surface area contributed by atoms with E-state index in [1.165, 1.54) is 6.08 Å². The van der Waals surface area contributed by atoms with Crippen molar-refractivity contribution in [2.75, 3.05) is 16.3 Å². The van der Waals surface area contributed by atoms with E-state index in [2.05, 4.69) is 35.7 Å². The summed E-state index contributed by atoms with van der Waals surface area (Å²) >= 11 is 0. The Morgan fingerprint density at radius 3 is 2.28 bits per heavy atom. The second-order valence-electron chi connectivity index (χ2n) is 2.30. The number of isocyanates is 3. The molecule has 12 heteroatoms. The van der Waals surface area contributed by atoms with Crippen molar-refractivity contribution in [3.05, 3.63) is 0 Å². The first kappa shape index (κ1) is 12.6. The highest BCUT2D eigenvalue weighted by Gasteiger charge is 2.11. The van der Waals surface area contributed by atoms with Crippen LogP contribution in [0.15, 0.2) is 15.3 Å². The van der Waals surface area contributed by atoms with Crippen LogP contribution in [-0.4, -0.2) is 33.2 Å². The Hall–Kier alpha value is -3.45. The Bertz CT molecular complexity index is 564. The van der Waals surface area contributed by atoms with Gasteiger partial charge in [-0.2, -0.15) is 15.0 Å². The van der Waals surface area contributed by atoms with E-state index in [4.69, 9.17) is 5.73 Å². The normalized spacial score (nSPS) is 8.22. The van der Waals surface area contributed by atoms with Crippen LogP contribution in [0.4, 0.5) is 17.8 Å². The number of nitrogens with one attached hydrogen (secondary N) is 1. The number of rotatable bonds is 5. The van der Waals surface area contributed by atoms with Crippen molar-refractivity contribution in [3.8, 4) is 0 Å². The third-order valence-corrected chi connectivity index (χ3v) is 1.29. The van der Waals surface area contributed by atoms with Crippen LogP contribution in [0, 0.1) is 0 Å². The summed E-state index contributed by atoms with van der Waals surface area (Å²) < 4.78 is 0. The van der Waals surface area contributed by atoms with Crippen LogP contribution in [0.3, 0.4) is 0 Å². The fourth-order valence-corrected chi connectivity index (χ4v) is 0.782. The van der Waals surface area contributed by atoms with Gasteiger partial charge in [0.25, 0.3) is 30.1 Å². The van der Waals surface area contributed by atoms with Crippen molar-refractivity contribution >= 4 is 36.1 Å². The van der Waals surface area contributed by atoms with Crippen molar-refractivity contribution in [2.24, 2.45) is 15.3 Å². The maximum Gasteiger partial charge on any atom is 0.277 e. The fourth-order valence-electron chi connectivity index (χ4n) is 0.782. The molecule has 1 aromatic heterocycles. The first-order valence-electron chi connectivity index (χ1n) is 4.01. The number of anilines is 3. The van der Waals surface area contributed by atoms with Gasteiger partial charge in [-0.1, -0.05) is 20.4 Å². The number of aromatic nitrogens is 3. The van der Waals surface area contributed by atoms with Crippen molar-refractivity contribution in [2.45, 2.75) is 0 Å². The van der Waals surface area contributed by atoms with Gasteiger partial charge in [0.1, 0.15) is 0 Å². The van der Waals surface area contributed by atoms with Crippen LogP contribution in [-0.2, 0) is 14.4 Å². The van der Waals surface area contributed by atoms with E-state index in [1.54, 1.807) is 0 Å². The molecule has 0 saturated heterocycles. The van der Waals surface area contributed by atoms with E-state index >= 15 is 0 Å². The zero-order valence-corrected chi connectivity index (χ0v) is 8.43. The van der Waals surface area contributed by atoms with Crippen molar-refractivity contribution in [3.63, 3.8) is 0 Å². The Balaban J connectivity index is 3.21. The maximum absolute atomic E-state index is 10.1. The molecule has 90 valence electrons. The zero-order chi connectivity index (χ0) is 13.4. The van der Waals surface area contributed by atoms with Gasteiger partial charge in [-0.25, -0.2) is 19.8 Å². The van der Waals surface area contributed by atoms with Gasteiger partial charge >= 0.3 is 0 Å². The van der Waals surface area contributed by atoms with E-state index in [1.807, 2.05) is 0 Å². The smallest absolute Gasteiger partial charge is 0.277 e. The largest absolute Gasteiger partial charge is 0.368 e. The first-order valence-corrected chi connectivity index (χ1v) is 4.01. The minimum atomic E-state index is -0.377. The Morgan fingerprint density at radius 2 is 1.72 bits per heavy atom. The predicted molar refractivity (Wildman–Crippen MR) is 54.7 cm³/mol. The summed E-state index contributed by atoms with van der Waals surface area (Å²) in [6, 6.07) is 0. The standard InChI is InChI=1S/C6H3N9O3/c7-4-11-5(14-8-1-16)13-6(12-4)15(9-2-17)10-3-18/h(H3,7,11,12,13,14). The molecule has 0 atom stereocenters. The topological polar surface area (TPSA) is 168 Å². The minimum Gasteiger partial charge on any atom is -0.368 e. The number of hydrogen-bond donors (Lipinski definition) is 2. The lowest BCUT2D eigenvalue weighted by Crippen LogP contribution is -2.14. The lowest BCUT2D eigenvalue weighted by molar-refractivity contribution is 0.557. The van der Waals surface area contributed by atoms with E-state index in [0.29, 0.717) is 5.12 Å². The molecule has 0 bridgehead atoms. The SMILES string of the molecule is Nc1nc(NN=C=O)nc(N(N=C=O)N=C=O)n1. The quantitative estimate of drug-likeness (QED) is 0.355. The van der Waals surface area contributed by atoms with Crippen LogP contribution < -0.4 is 16.3 Å². The van der Waals surface area contributed by atoms with Gasteiger partial charge < -0.3 is 5.73 Å². The minimum absolute atomic E-state index is 0.243. The Kier molecular flexibility index (Phi) is 4.35. The molecule has 12 nitrogen and oxygen atoms in total. The van der Waals surface area contributed by atoms with Gasteiger partial charge in [0.2, 0.25) is 5.95 Å². The average Bonchev–Trinajstić information content (AvgIpc) is 2.35. The van der Waals surface area contributed by atoms with Gasteiger partial charge in [-0.3, -0.25) is 0 Å². The highest BCUT2D eigenvalue weighted by molar-refractivity contribution is 5.47. The molecule has 0 aliphatic heterocycles. The van der Waals surface area contributed by atoms with Crippen molar-refractivity contribution < 1.29 is 14.4 Å². The van der Waals surface area contributed by atoms with Gasteiger partial charge in [-0.15, -0.1) is 0 Å². The summed E-state index contributed by atoms with van der Waals surface area (Å²) in [4.78, 5) is 40.7. The number of nitrogen functional groups attached to an aromatic ring is 1. The molecule has 1 rings (SSSR count). The molecule has 0 spiro atoms. The molecule has 3 N–H and O–H groups in total. The molecular weight excluding hydrogens is 246 g/mol. The fraction of sp³-hybridized carbons (Fsp3) is 0. The molecule has 0 fully saturated rings. The predicted octanol–water partition coefficient (Wildman–Crippen LogP) is -1.58. The summed E-state index contributed by atoms with van der Waals surface area (Å²) in [5.74, 6) is -0.915. The van der Waals surface area contributed by atoms with Gasteiger partial charge in [0, 0.05) is 0 Å². The zero-order valence-electron chi connectivity index (χ0n) is 8.43. The van der Waals surface area contributed by atoms with Crippen LogP contribution in [0.2, 0.25) is 0 Å². The van der Waals surface area contributed by atoms with Gasteiger partial charge in [0.15, 0.2) is 0 Å². The highest BCUT2D eigenvalue weighted by atomic mass is 16.1. The highest BCUT2D eigenvalue weighted by Crippen LogP contribution is 2.12. The van der Waals surface area contributed by atoms with Crippen molar-refractivity contribution in [1.29, 1.82) is 0 Å². The molecule has 0 unspecified atom stereocenters. The van der Waals surface area contributed by atoms with Crippen LogP contribution >= 0.6 is 0 Å². The Morgan fingerprint density at radius 1 is 1.06 bits per heavy atom. The molecule has 0 aliphatic rings. The lowest BCUT2D eigenvalue weighted by atomic mass is 10.8. The average molecular weight is 249 g/mol. The molecule has 0 aliphatic carbocycles. The Labute approximate surface area is 97.9 Å². The second-order valence-corrected chi connectivity index (χ2v) is 2.30. The van der Waals surface area contributed by atoms with E-state index < -0.39 is 0 Å². The molecule has 0 radical (unpaired) electrons. The second kappa shape index (κ2) is 6.20. The summed E-state index contributed by atoms with van der Waals surface area (Å²) in [6.07, 6.45) is 3.40. The molecule has 0 amide bonds. The lowest BCUT2D eigenvalue weighted by Gasteiger charge is -2.06. The van der Waals surface area contributed by atoms with Gasteiger partial charge in [-0.05, 0) is 0 Å². The summed E-state index contributed by atoms with van der Waals surface area (Å²) in [7, 11) is 0.